The van der Waals surface area contributed by atoms with Crippen molar-refractivity contribution < 1.29 is 9.18 Å². The van der Waals surface area contributed by atoms with Gasteiger partial charge in [0, 0.05) is 12.5 Å². The summed E-state index contributed by atoms with van der Waals surface area (Å²) in [4.78, 5) is 12.1. The fourth-order valence-corrected chi connectivity index (χ4v) is 2.84. The molecule has 5 heteroatoms. The summed E-state index contributed by atoms with van der Waals surface area (Å²) in [6.45, 7) is 2.17. The Morgan fingerprint density at radius 3 is 2.43 bits per heavy atom. The van der Waals surface area contributed by atoms with Crippen molar-refractivity contribution in [1.29, 1.82) is 0 Å². The molecule has 1 fully saturated rings. The minimum atomic E-state index is -0.249. The van der Waals surface area contributed by atoms with Crippen molar-refractivity contribution in [2.75, 3.05) is 6.54 Å². The molecule has 1 saturated carbocycles. The van der Waals surface area contributed by atoms with Crippen molar-refractivity contribution in [3.63, 3.8) is 0 Å². The maximum Gasteiger partial charge on any atom is 0.224 e. The van der Waals surface area contributed by atoms with E-state index < -0.39 is 0 Å². The van der Waals surface area contributed by atoms with E-state index in [4.69, 9.17) is 5.73 Å². The summed E-state index contributed by atoms with van der Waals surface area (Å²) in [5.41, 5.74) is 6.53. The van der Waals surface area contributed by atoms with Gasteiger partial charge in [0.2, 0.25) is 5.91 Å². The Kier molecular flexibility index (Phi) is 7.12. The first-order valence-corrected chi connectivity index (χ1v) is 7.37. The number of hydrogen-bond donors (Lipinski definition) is 2. The largest absolute Gasteiger partial charge is 0.349 e. The highest BCUT2D eigenvalue weighted by Gasteiger charge is 2.28. The molecular formula is C16H24ClFN2O. The molecule has 3 N–H and O–H groups in total. The molecule has 2 unspecified atom stereocenters. The summed E-state index contributed by atoms with van der Waals surface area (Å²) in [5, 5.41) is 3.10. The average Bonchev–Trinajstić information content (AvgIpc) is 2.98. The number of halogens is 2. The van der Waals surface area contributed by atoms with E-state index >= 15 is 0 Å². The lowest BCUT2D eigenvalue weighted by atomic mass is 9.91. The van der Waals surface area contributed by atoms with Crippen LogP contribution in [-0.4, -0.2) is 12.5 Å². The predicted molar refractivity (Wildman–Crippen MR) is 84.7 cm³/mol. The lowest BCUT2D eigenvalue weighted by molar-refractivity contribution is -0.125. The van der Waals surface area contributed by atoms with E-state index in [2.05, 4.69) is 5.32 Å². The Hall–Kier alpha value is -1.13. The first kappa shape index (κ1) is 17.9. The quantitative estimate of drug-likeness (QED) is 0.877. The first-order valence-electron chi connectivity index (χ1n) is 7.37. The summed E-state index contributed by atoms with van der Waals surface area (Å²) in [6, 6.07) is 6.42. The molecule has 2 rings (SSSR count). The zero-order chi connectivity index (χ0) is 14.5. The molecule has 0 spiro atoms. The van der Waals surface area contributed by atoms with Gasteiger partial charge in [-0.05, 0) is 36.5 Å². The number of nitrogens with one attached hydrogen (secondary N) is 1. The van der Waals surface area contributed by atoms with E-state index in [1.54, 1.807) is 12.1 Å². The minimum Gasteiger partial charge on any atom is -0.349 e. The van der Waals surface area contributed by atoms with E-state index in [0.29, 0.717) is 12.5 Å². The van der Waals surface area contributed by atoms with Crippen LogP contribution in [0.3, 0.4) is 0 Å². The highest BCUT2D eigenvalue weighted by Crippen LogP contribution is 2.35. The van der Waals surface area contributed by atoms with Crippen molar-refractivity contribution in [2.24, 2.45) is 17.6 Å². The van der Waals surface area contributed by atoms with E-state index in [1.165, 1.54) is 25.0 Å². The van der Waals surface area contributed by atoms with Crippen molar-refractivity contribution in [3.8, 4) is 0 Å². The lowest BCUT2D eigenvalue weighted by Gasteiger charge is -2.26. The summed E-state index contributed by atoms with van der Waals surface area (Å²) >= 11 is 0. The van der Waals surface area contributed by atoms with E-state index in [1.807, 2.05) is 6.92 Å². The van der Waals surface area contributed by atoms with Gasteiger partial charge in [0.15, 0.2) is 0 Å². The van der Waals surface area contributed by atoms with Crippen LogP contribution in [0.4, 0.5) is 4.39 Å². The Labute approximate surface area is 131 Å². The van der Waals surface area contributed by atoms with Crippen LogP contribution >= 0.6 is 12.4 Å². The summed E-state index contributed by atoms with van der Waals surface area (Å²) < 4.78 is 13.1. The normalized spacial score (nSPS) is 17.9. The average molecular weight is 315 g/mol. The number of carbonyl (C=O) groups is 1. The number of rotatable bonds is 5. The second-order valence-electron chi connectivity index (χ2n) is 5.72. The second kappa shape index (κ2) is 8.35. The fraction of sp³-hybridized carbons (Fsp3) is 0.562. The minimum absolute atomic E-state index is 0. The van der Waals surface area contributed by atoms with Crippen molar-refractivity contribution >= 4 is 18.3 Å². The maximum atomic E-state index is 13.1. The molecule has 118 valence electrons. The van der Waals surface area contributed by atoms with Crippen LogP contribution in [0.15, 0.2) is 24.3 Å². The lowest BCUT2D eigenvalue weighted by Crippen LogP contribution is -2.38. The zero-order valence-corrected chi connectivity index (χ0v) is 13.2. The van der Waals surface area contributed by atoms with Gasteiger partial charge in [-0.1, -0.05) is 31.9 Å². The molecule has 0 aliphatic heterocycles. The zero-order valence-electron chi connectivity index (χ0n) is 12.3. The van der Waals surface area contributed by atoms with Crippen molar-refractivity contribution in [2.45, 2.75) is 38.6 Å². The first-order chi connectivity index (χ1) is 9.61. The molecule has 3 nitrogen and oxygen atoms in total. The number of carbonyl (C=O) groups excluding carboxylic acids is 1. The Bertz CT molecular complexity index is 446. The molecule has 1 aliphatic rings. The predicted octanol–water partition coefficient (Wildman–Crippen LogP) is 3.19. The van der Waals surface area contributed by atoms with E-state index in [-0.39, 0.29) is 36.1 Å². The van der Waals surface area contributed by atoms with Crippen LogP contribution in [-0.2, 0) is 4.79 Å². The summed E-state index contributed by atoms with van der Waals surface area (Å²) in [5.74, 6) is -0.0250. The Morgan fingerprint density at radius 1 is 1.33 bits per heavy atom. The van der Waals surface area contributed by atoms with Crippen LogP contribution in [0.5, 0.6) is 0 Å². The molecule has 0 heterocycles. The third-order valence-electron chi connectivity index (χ3n) is 4.20. The van der Waals surface area contributed by atoms with Crippen LogP contribution in [0.25, 0.3) is 0 Å². The molecule has 1 aromatic rings. The third kappa shape index (κ3) is 4.68. The second-order valence-corrected chi connectivity index (χ2v) is 5.72. The Balaban J connectivity index is 0.00000220. The molecule has 2 atom stereocenters. The number of amides is 1. The van der Waals surface area contributed by atoms with Gasteiger partial charge in [-0.25, -0.2) is 4.39 Å². The van der Waals surface area contributed by atoms with Crippen LogP contribution in [0.2, 0.25) is 0 Å². The van der Waals surface area contributed by atoms with E-state index in [0.717, 1.165) is 18.4 Å². The summed E-state index contributed by atoms with van der Waals surface area (Å²) in [6.07, 6.45) is 4.62. The molecule has 1 aliphatic carbocycles. The van der Waals surface area contributed by atoms with Gasteiger partial charge in [-0.15, -0.1) is 12.4 Å². The molecule has 21 heavy (non-hydrogen) atoms. The number of nitrogens with two attached hydrogens (primary N) is 1. The van der Waals surface area contributed by atoms with Gasteiger partial charge in [0.25, 0.3) is 0 Å². The van der Waals surface area contributed by atoms with Gasteiger partial charge in [-0.2, -0.15) is 0 Å². The molecule has 0 bridgehead atoms. The molecule has 0 aromatic heterocycles. The maximum absolute atomic E-state index is 13.1. The highest BCUT2D eigenvalue weighted by molar-refractivity contribution is 5.85. The molecule has 0 radical (unpaired) electrons. The number of hydrogen-bond acceptors (Lipinski definition) is 2. The Morgan fingerprint density at radius 2 is 1.90 bits per heavy atom. The van der Waals surface area contributed by atoms with E-state index in [9.17, 15) is 9.18 Å². The van der Waals surface area contributed by atoms with Gasteiger partial charge in [0.1, 0.15) is 5.82 Å². The van der Waals surface area contributed by atoms with Gasteiger partial charge < -0.3 is 11.1 Å². The highest BCUT2D eigenvalue weighted by atomic mass is 35.5. The smallest absolute Gasteiger partial charge is 0.224 e. The van der Waals surface area contributed by atoms with Crippen molar-refractivity contribution in [3.05, 3.63) is 35.6 Å². The molecular weight excluding hydrogens is 291 g/mol. The SMILES string of the molecule is CC(CN)C(=O)NC(c1ccc(F)cc1)C1CCCC1.Cl. The van der Waals surface area contributed by atoms with Crippen molar-refractivity contribution in [1.82, 2.24) is 5.32 Å². The fourth-order valence-electron chi connectivity index (χ4n) is 2.84. The number of benzene rings is 1. The van der Waals surface area contributed by atoms with Gasteiger partial charge >= 0.3 is 0 Å². The third-order valence-corrected chi connectivity index (χ3v) is 4.20. The standard InChI is InChI=1S/C16H23FN2O.ClH/c1-11(10-18)16(20)19-15(12-4-2-3-5-12)13-6-8-14(17)9-7-13;/h6-9,11-12,15H,2-5,10,18H2,1H3,(H,19,20);1H. The molecule has 1 amide bonds. The van der Waals surface area contributed by atoms with Gasteiger partial charge in [-0.3, -0.25) is 4.79 Å². The molecule has 0 saturated heterocycles. The van der Waals surface area contributed by atoms with Crippen LogP contribution in [0, 0.1) is 17.7 Å². The monoisotopic (exact) mass is 314 g/mol. The van der Waals surface area contributed by atoms with Gasteiger partial charge in [0.05, 0.1) is 6.04 Å². The van der Waals surface area contributed by atoms with Crippen LogP contribution in [0.1, 0.15) is 44.2 Å². The van der Waals surface area contributed by atoms with Crippen LogP contribution < -0.4 is 11.1 Å². The summed E-state index contributed by atoms with van der Waals surface area (Å²) in [7, 11) is 0. The molecule has 1 aromatic carbocycles. The topological polar surface area (TPSA) is 55.1 Å².